The summed E-state index contributed by atoms with van der Waals surface area (Å²) in [6, 6.07) is 23.8. The number of amides is 1. The second kappa shape index (κ2) is 11.2. The van der Waals surface area contributed by atoms with Gasteiger partial charge in [0.05, 0.1) is 31.7 Å². The summed E-state index contributed by atoms with van der Waals surface area (Å²) in [4.78, 5) is 20.7. The average Bonchev–Trinajstić information content (AvgIpc) is 3.60. The number of rotatable bonds is 11. The number of aliphatic hydroxyl groups is 1. The van der Waals surface area contributed by atoms with Crippen LogP contribution < -0.4 is 15.5 Å². The molecule has 0 aliphatic carbocycles. The minimum absolute atomic E-state index is 0.0820. The number of aliphatic hydroxyl groups excluding tert-OH is 1. The van der Waals surface area contributed by atoms with Gasteiger partial charge in [-0.05, 0) is 46.0 Å². The van der Waals surface area contributed by atoms with E-state index in [0.717, 1.165) is 33.5 Å². The number of hydroxylamine groups is 1. The normalized spacial score (nSPS) is 14.4. The molecule has 38 heavy (non-hydrogen) atoms. The molecule has 0 unspecified atom stereocenters. The molecule has 9 heteroatoms. The zero-order valence-corrected chi connectivity index (χ0v) is 21.4. The van der Waals surface area contributed by atoms with Crippen molar-refractivity contribution in [3.63, 3.8) is 0 Å². The molecule has 0 bridgehead atoms. The number of hydrogen-bond acceptors (Lipinski definition) is 7. The van der Waals surface area contributed by atoms with Gasteiger partial charge in [0.15, 0.2) is 0 Å². The summed E-state index contributed by atoms with van der Waals surface area (Å²) in [5, 5.41) is 20.2. The van der Waals surface area contributed by atoms with Crippen LogP contribution in [0.3, 0.4) is 0 Å². The van der Waals surface area contributed by atoms with E-state index in [4.69, 9.17) is 9.57 Å². The van der Waals surface area contributed by atoms with Gasteiger partial charge in [0.2, 0.25) is 0 Å². The third-order valence-electron chi connectivity index (χ3n) is 7.00. The number of benzene rings is 3. The summed E-state index contributed by atoms with van der Waals surface area (Å²) in [7, 11) is 3.27. The number of hydrogen-bond donors (Lipinski definition) is 4. The summed E-state index contributed by atoms with van der Waals surface area (Å²) in [5.41, 5.74) is 8.48. The predicted octanol–water partition coefficient (Wildman–Crippen LogP) is 3.29. The smallest absolute Gasteiger partial charge is 0.254 e. The third-order valence-corrected chi connectivity index (χ3v) is 7.00. The van der Waals surface area contributed by atoms with E-state index in [9.17, 15) is 9.90 Å². The maximum Gasteiger partial charge on any atom is 0.254 e. The first-order chi connectivity index (χ1) is 18.6. The number of nitrogens with zero attached hydrogens (tertiary/aromatic N) is 2. The van der Waals surface area contributed by atoms with Gasteiger partial charge < -0.3 is 14.7 Å². The lowest BCUT2D eigenvalue weighted by atomic mass is 9.88. The Morgan fingerprint density at radius 1 is 1.03 bits per heavy atom. The van der Waals surface area contributed by atoms with Crippen molar-refractivity contribution < 1.29 is 19.5 Å². The highest BCUT2D eigenvalue weighted by Gasteiger charge is 2.39. The fourth-order valence-corrected chi connectivity index (χ4v) is 4.94. The molecule has 0 saturated heterocycles. The number of aromatic amines is 1. The lowest BCUT2D eigenvalue weighted by Crippen LogP contribution is -2.55. The second-order valence-electron chi connectivity index (χ2n) is 9.22. The van der Waals surface area contributed by atoms with Crippen LogP contribution in [-0.4, -0.2) is 60.2 Å². The number of nitrogens with one attached hydrogen (secondary N) is 3. The molecule has 0 radical (unpaired) electrons. The van der Waals surface area contributed by atoms with Crippen LogP contribution in [0.25, 0.3) is 22.4 Å². The number of ether oxygens (including phenoxy) is 1. The van der Waals surface area contributed by atoms with Gasteiger partial charge in [0, 0.05) is 31.9 Å². The van der Waals surface area contributed by atoms with Crippen LogP contribution in [0.15, 0.2) is 79.0 Å². The minimum atomic E-state index is -0.859. The lowest BCUT2D eigenvalue weighted by Gasteiger charge is -2.37. The van der Waals surface area contributed by atoms with Crippen LogP contribution >= 0.6 is 0 Å². The Morgan fingerprint density at radius 2 is 1.74 bits per heavy atom. The van der Waals surface area contributed by atoms with Crippen LogP contribution in [0.1, 0.15) is 21.5 Å². The molecule has 4 N–H and O–H groups in total. The Morgan fingerprint density at radius 3 is 2.37 bits per heavy atom. The van der Waals surface area contributed by atoms with Gasteiger partial charge in [-0.1, -0.05) is 54.6 Å². The number of carbonyl (C=O) groups is 1. The summed E-state index contributed by atoms with van der Waals surface area (Å²) in [5.74, 6) is 0.562. The van der Waals surface area contributed by atoms with E-state index in [0.29, 0.717) is 24.4 Å². The van der Waals surface area contributed by atoms with Gasteiger partial charge in [-0.15, -0.1) is 0 Å². The van der Waals surface area contributed by atoms with Crippen molar-refractivity contribution in [3.8, 4) is 28.1 Å². The van der Waals surface area contributed by atoms with Crippen LogP contribution in [0.5, 0.6) is 5.75 Å². The van der Waals surface area contributed by atoms with Gasteiger partial charge in [0.25, 0.3) is 5.91 Å². The highest BCUT2D eigenvalue weighted by Crippen LogP contribution is 2.32. The topological polar surface area (TPSA) is 112 Å². The molecule has 0 fully saturated rings. The van der Waals surface area contributed by atoms with Crippen LogP contribution in [0, 0.1) is 0 Å². The predicted molar refractivity (Wildman–Crippen MR) is 144 cm³/mol. The fraction of sp³-hybridized carbons (Fsp3) is 0.241. The van der Waals surface area contributed by atoms with Crippen molar-refractivity contribution >= 4 is 5.91 Å². The van der Waals surface area contributed by atoms with Gasteiger partial charge in [-0.25, -0.2) is 5.48 Å². The van der Waals surface area contributed by atoms with E-state index in [1.807, 2.05) is 42.5 Å². The number of aromatic nitrogens is 2. The maximum absolute atomic E-state index is 13.3. The molecule has 1 aliphatic heterocycles. The lowest BCUT2D eigenvalue weighted by molar-refractivity contribution is -0.0112. The number of methoxy groups -OCH3 is 1. The first kappa shape index (κ1) is 25.6. The van der Waals surface area contributed by atoms with Crippen molar-refractivity contribution in [2.75, 3.05) is 34.0 Å². The quantitative estimate of drug-likeness (QED) is 0.180. The van der Waals surface area contributed by atoms with Crippen molar-refractivity contribution in [2.24, 2.45) is 0 Å². The van der Waals surface area contributed by atoms with Gasteiger partial charge in [0.1, 0.15) is 5.75 Å². The molecular weight excluding hydrogens is 482 g/mol. The van der Waals surface area contributed by atoms with E-state index in [-0.39, 0.29) is 19.2 Å². The summed E-state index contributed by atoms with van der Waals surface area (Å²) in [6.45, 7) is 0.662. The molecule has 1 atom stereocenters. The number of carbonyl (C=O) groups excluding carboxylic acids is 1. The molecule has 196 valence electrons. The van der Waals surface area contributed by atoms with Crippen LogP contribution in [-0.2, 0) is 16.9 Å². The standard InChI is InChI=1S/C29H31N5O4/c1-30-38-18-29(31-19-35,17-34-16-23-9-12-25(37-2)15-26(23)28(34)36)24-10-7-21(8-11-24)20-3-5-22(6-4-20)27-13-14-32-33-27/h3-15,30-31,35H,16-19H2,1-2H3,(H,32,33)/t29-/m1/s1. The van der Waals surface area contributed by atoms with Crippen LogP contribution in [0.4, 0.5) is 0 Å². The van der Waals surface area contributed by atoms with Crippen molar-refractivity contribution in [3.05, 3.63) is 95.7 Å². The number of fused-ring (bicyclic) bond motifs is 1. The molecule has 0 spiro atoms. The molecule has 1 aromatic heterocycles. The first-order valence-corrected chi connectivity index (χ1v) is 12.4. The zero-order valence-electron chi connectivity index (χ0n) is 21.4. The Balaban J connectivity index is 1.42. The van der Waals surface area contributed by atoms with Crippen LogP contribution in [0.2, 0.25) is 0 Å². The molecule has 4 aromatic rings. The van der Waals surface area contributed by atoms with Crippen molar-refractivity contribution in [1.29, 1.82) is 0 Å². The third kappa shape index (κ3) is 5.05. The number of H-pyrrole nitrogens is 1. The summed E-state index contributed by atoms with van der Waals surface area (Å²) < 4.78 is 5.31. The van der Waals surface area contributed by atoms with Gasteiger partial charge in [-0.3, -0.25) is 20.0 Å². The monoisotopic (exact) mass is 513 g/mol. The summed E-state index contributed by atoms with van der Waals surface area (Å²) in [6.07, 6.45) is 1.73. The van der Waals surface area contributed by atoms with Crippen molar-refractivity contribution in [2.45, 2.75) is 12.1 Å². The Kier molecular flexibility index (Phi) is 7.52. The largest absolute Gasteiger partial charge is 0.497 e. The molecular formula is C29H31N5O4. The molecule has 0 saturated carbocycles. The second-order valence-corrected chi connectivity index (χ2v) is 9.22. The first-order valence-electron chi connectivity index (χ1n) is 12.4. The highest BCUT2D eigenvalue weighted by atomic mass is 16.6. The van der Waals surface area contributed by atoms with Gasteiger partial charge >= 0.3 is 0 Å². The molecule has 5 rings (SSSR count). The highest BCUT2D eigenvalue weighted by molar-refractivity contribution is 5.98. The minimum Gasteiger partial charge on any atom is -0.497 e. The van der Waals surface area contributed by atoms with E-state index in [2.05, 4.69) is 45.3 Å². The SMILES string of the molecule is CNOC[C@@](CN1Cc2ccc(OC)cc2C1=O)(NCO)c1ccc(-c2ccc(-c3ccn[nH]3)cc2)cc1. The average molecular weight is 514 g/mol. The zero-order chi connectivity index (χ0) is 26.5. The van der Waals surface area contributed by atoms with Crippen molar-refractivity contribution in [1.82, 2.24) is 25.9 Å². The molecule has 9 nitrogen and oxygen atoms in total. The van der Waals surface area contributed by atoms with Gasteiger partial charge in [-0.2, -0.15) is 5.10 Å². The fourth-order valence-electron chi connectivity index (χ4n) is 4.94. The Labute approximate surface area is 221 Å². The Hall–Kier alpha value is -4.02. The van der Waals surface area contributed by atoms with E-state index in [1.54, 1.807) is 31.3 Å². The van der Waals surface area contributed by atoms with E-state index >= 15 is 0 Å². The molecule has 1 aliphatic rings. The van der Waals surface area contributed by atoms with E-state index < -0.39 is 5.54 Å². The maximum atomic E-state index is 13.3. The summed E-state index contributed by atoms with van der Waals surface area (Å²) >= 11 is 0. The van der Waals surface area contributed by atoms with E-state index in [1.165, 1.54) is 0 Å². The molecule has 1 amide bonds. The molecule has 3 aromatic carbocycles. The molecule has 2 heterocycles. The Bertz CT molecular complexity index is 1370.